The van der Waals surface area contributed by atoms with Crippen LogP contribution in [0.2, 0.25) is 0 Å². The van der Waals surface area contributed by atoms with Crippen LogP contribution in [0.5, 0.6) is 11.5 Å². The fourth-order valence-corrected chi connectivity index (χ4v) is 4.72. The van der Waals surface area contributed by atoms with Gasteiger partial charge in [-0.3, -0.25) is 9.00 Å². The van der Waals surface area contributed by atoms with Gasteiger partial charge in [-0.1, -0.05) is 19.3 Å². The number of hydrogen-bond acceptors (Lipinski definition) is 5. The summed E-state index contributed by atoms with van der Waals surface area (Å²) in [6.07, 6.45) is 6.19. The van der Waals surface area contributed by atoms with Crippen LogP contribution < -0.4 is 20.5 Å². The molecule has 1 aliphatic carbocycles. The van der Waals surface area contributed by atoms with E-state index in [1.54, 1.807) is 18.2 Å². The number of benzene rings is 1. The van der Waals surface area contributed by atoms with Crippen molar-refractivity contribution in [2.45, 2.75) is 49.5 Å². The summed E-state index contributed by atoms with van der Waals surface area (Å²) in [6.45, 7) is 1.48. The summed E-state index contributed by atoms with van der Waals surface area (Å²) >= 11 is 0. The molecule has 0 bridgehead atoms. The van der Waals surface area contributed by atoms with E-state index in [0.717, 1.165) is 12.8 Å². The maximum absolute atomic E-state index is 12.5. The molecule has 144 valence electrons. The molecule has 0 aromatic heterocycles. The Morgan fingerprint density at radius 3 is 2.65 bits per heavy atom. The number of carbonyl (C=O) groups is 1. The molecule has 2 unspecified atom stereocenters. The summed E-state index contributed by atoms with van der Waals surface area (Å²) < 4.78 is 23.5. The Balaban J connectivity index is 1.49. The van der Waals surface area contributed by atoms with Gasteiger partial charge in [0.1, 0.15) is 13.2 Å². The molecule has 0 saturated heterocycles. The van der Waals surface area contributed by atoms with Crippen LogP contribution in [0.25, 0.3) is 0 Å². The van der Waals surface area contributed by atoms with Gasteiger partial charge >= 0.3 is 0 Å². The highest BCUT2D eigenvalue weighted by atomic mass is 32.2. The number of amides is 1. The number of rotatable bonds is 7. The number of carbonyl (C=O) groups excluding carboxylic acids is 1. The Hall–Kier alpha value is -1.60. The molecule has 1 heterocycles. The lowest BCUT2D eigenvalue weighted by Crippen LogP contribution is -2.46. The summed E-state index contributed by atoms with van der Waals surface area (Å²) in [6, 6.07) is 5.32. The zero-order chi connectivity index (χ0) is 18.4. The molecule has 3 N–H and O–H groups in total. The van der Waals surface area contributed by atoms with Crippen LogP contribution in [0, 0.1) is 5.92 Å². The van der Waals surface area contributed by atoms with Gasteiger partial charge < -0.3 is 20.5 Å². The second-order valence-corrected chi connectivity index (χ2v) is 8.48. The third kappa shape index (κ3) is 4.98. The van der Waals surface area contributed by atoms with Gasteiger partial charge in [0.15, 0.2) is 11.5 Å². The molecule has 1 saturated carbocycles. The first kappa shape index (κ1) is 19.2. The van der Waals surface area contributed by atoms with Gasteiger partial charge in [-0.2, -0.15) is 0 Å². The van der Waals surface area contributed by atoms with Crippen LogP contribution in [0.3, 0.4) is 0 Å². The summed E-state index contributed by atoms with van der Waals surface area (Å²) in [5.41, 5.74) is 5.86. The van der Waals surface area contributed by atoms with E-state index in [2.05, 4.69) is 5.32 Å². The molecule has 6 nitrogen and oxygen atoms in total. The van der Waals surface area contributed by atoms with Crippen molar-refractivity contribution < 1.29 is 18.5 Å². The van der Waals surface area contributed by atoms with Crippen molar-refractivity contribution in [3.63, 3.8) is 0 Å². The Morgan fingerprint density at radius 1 is 1.19 bits per heavy atom. The molecule has 7 heteroatoms. The standard InChI is InChI=1S/C19H28N2O4S/c20-13-16(14-4-2-1-3-5-14)21-19(22)8-11-26(23)15-6-7-17-18(12-15)25-10-9-24-17/h6-7,12,14,16H,1-5,8-11,13,20H2,(H,21,22). The lowest BCUT2D eigenvalue weighted by Gasteiger charge is -2.30. The van der Waals surface area contributed by atoms with E-state index in [1.165, 1.54) is 19.3 Å². The largest absolute Gasteiger partial charge is 0.486 e. The predicted molar refractivity (Wildman–Crippen MR) is 101 cm³/mol. The lowest BCUT2D eigenvalue weighted by atomic mass is 9.84. The minimum atomic E-state index is -1.25. The average molecular weight is 381 g/mol. The van der Waals surface area contributed by atoms with Crippen molar-refractivity contribution in [2.75, 3.05) is 25.5 Å². The van der Waals surface area contributed by atoms with Crippen LogP contribution in [0.15, 0.2) is 23.1 Å². The molecule has 1 aromatic carbocycles. The fraction of sp³-hybridized carbons (Fsp3) is 0.632. The summed E-state index contributed by atoms with van der Waals surface area (Å²) in [4.78, 5) is 12.9. The van der Waals surface area contributed by atoms with Gasteiger partial charge in [-0.25, -0.2) is 0 Å². The van der Waals surface area contributed by atoms with Crippen molar-refractivity contribution in [2.24, 2.45) is 11.7 Å². The minimum Gasteiger partial charge on any atom is -0.486 e. The quantitative estimate of drug-likeness (QED) is 0.755. The number of nitrogens with two attached hydrogens (primary N) is 1. The third-order valence-electron chi connectivity index (χ3n) is 5.11. The third-order valence-corrected chi connectivity index (χ3v) is 6.46. The van der Waals surface area contributed by atoms with Crippen LogP contribution in [-0.2, 0) is 15.6 Å². The smallest absolute Gasteiger partial charge is 0.221 e. The van der Waals surface area contributed by atoms with E-state index in [-0.39, 0.29) is 24.1 Å². The van der Waals surface area contributed by atoms with Crippen LogP contribution in [0.1, 0.15) is 38.5 Å². The van der Waals surface area contributed by atoms with Crippen molar-refractivity contribution in [1.82, 2.24) is 5.32 Å². The van der Waals surface area contributed by atoms with E-state index < -0.39 is 10.8 Å². The van der Waals surface area contributed by atoms with Gasteiger partial charge in [0.05, 0.1) is 10.8 Å². The molecule has 2 atom stereocenters. The maximum Gasteiger partial charge on any atom is 0.221 e. The molecular weight excluding hydrogens is 352 g/mol. The average Bonchev–Trinajstić information content (AvgIpc) is 2.70. The molecule has 2 aliphatic rings. The van der Waals surface area contributed by atoms with Gasteiger partial charge in [0.2, 0.25) is 5.91 Å². The fourth-order valence-electron chi connectivity index (χ4n) is 3.65. The molecule has 1 aromatic rings. The van der Waals surface area contributed by atoms with Crippen molar-refractivity contribution >= 4 is 16.7 Å². The van der Waals surface area contributed by atoms with E-state index >= 15 is 0 Å². The maximum atomic E-state index is 12.5. The normalized spacial score (nSPS) is 19.6. The van der Waals surface area contributed by atoms with Gasteiger partial charge in [-0.05, 0) is 30.9 Å². The number of fused-ring (bicyclic) bond motifs is 1. The summed E-state index contributed by atoms with van der Waals surface area (Å²) in [7, 11) is -1.25. The van der Waals surface area contributed by atoms with Gasteiger partial charge in [0, 0.05) is 35.7 Å². The molecule has 26 heavy (non-hydrogen) atoms. The van der Waals surface area contributed by atoms with Crippen molar-refractivity contribution in [3.05, 3.63) is 18.2 Å². The Morgan fingerprint density at radius 2 is 1.92 bits per heavy atom. The van der Waals surface area contributed by atoms with E-state index in [4.69, 9.17) is 15.2 Å². The van der Waals surface area contributed by atoms with Gasteiger partial charge in [0.25, 0.3) is 0 Å². The topological polar surface area (TPSA) is 90.7 Å². The Kier molecular flexibility index (Phi) is 6.91. The first-order valence-electron chi connectivity index (χ1n) is 9.45. The Labute approximate surface area is 157 Å². The first-order valence-corrected chi connectivity index (χ1v) is 10.8. The summed E-state index contributed by atoms with van der Waals surface area (Å²) in [5, 5.41) is 3.05. The molecule has 0 radical (unpaired) electrons. The van der Waals surface area contributed by atoms with Crippen LogP contribution in [0.4, 0.5) is 0 Å². The van der Waals surface area contributed by atoms with Crippen LogP contribution in [-0.4, -0.2) is 41.7 Å². The molecular formula is C19H28N2O4S. The number of nitrogens with one attached hydrogen (secondary N) is 1. The molecule has 0 spiro atoms. The number of ether oxygens (including phenoxy) is 2. The van der Waals surface area contributed by atoms with Crippen molar-refractivity contribution in [1.29, 1.82) is 0 Å². The van der Waals surface area contributed by atoms with Gasteiger partial charge in [-0.15, -0.1) is 0 Å². The predicted octanol–water partition coefficient (Wildman–Crippen LogP) is 1.98. The second-order valence-electron chi connectivity index (χ2n) is 6.91. The highest BCUT2D eigenvalue weighted by Gasteiger charge is 2.24. The monoisotopic (exact) mass is 380 g/mol. The van der Waals surface area contributed by atoms with Crippen LogP contribution >= 0.6 is 0 Å². The summed E-state index contributed by atoms with van der Waals surface area (Å²) in [5.74, 6) is 1.98. The molecule has 1 amide bonds. The van der Waals surface area contributed by atoms with E-state index in [1.807, 2.05) is 0 Å². The number of hydrogen-bond donors (Lipinski definition) is 2. The van der Waals surface area contributed by atoms with E-state index in [9.17, 15) is 9.00 Å². The second kappa shape index (κ2) is 9.37. The highest BCUT2D eigenvalue weighted by molar-refractivity contribution is 7.85. The zero-order valence-corrected chi connectivity index (χ0v) is 15.9. The zero-order valence-electron chi connectivity index (χ0n) is 15.1. The minimum absolute atomic E-state index is 0.0329. The van der Waals surface area contributed by atoms with Crippen molar-refractivity contribution in [3.8, 4) is 11.5 Å². The SMILES string of the molecule is NCC(NC(=O)CCS(=O)c1ccc2c(c1)OCCO2)C1CCCCC1. The molecule has 3 rings (SSSR count). The highest BCUT2D eigenvalue weighted by Crippen LogP contribution is 2.32. The first-order chi connectivity index (χ1) is 12.7. The lowest BCUT2D eigenvalue weighted by molar-refractivity contribution is -0.121. The molecule has 1 aliphatic heterocycles. The van der Waals surface area contributed by atoms with E-state index in [0.29, 0.717) is 42.1 Å². The Bertz CT molecular complexity index is 646. The molecule has 1 fully saturated rings.